The maximum absolute atomic E-state index is 13.4. The van der Waals surface area contributed by atoms with Crippen LogP contribution in [0, 0.1) is 0 Å². The smallest absolute Gasteiger partial charge is 0.259 e. The number of benzene rings is 2. The summed E-state index contributed by atoms with van der Waals surface area (Å²) in [4.78, 5) is 18.2. The van der Waals surface area contributed by atoms with E-state index in [1.165, 1.54) is 31.2 Å². The molecule has 2 heterocycles. The normalized spacial score (nSPS) is 22.5. The molecule has 1 aliphatic carbocycles. The summed E-state index contributed by atoms with van der Waals surface area (Å²) >= 11 is 1.59. The van der Waals surface area contributed by atoms with E-state index >= 15 is 0 Å². The summed E-state index contributed by atoms with van der Waals surface area (Å²) in [5, 5.41) is 3.96. The highest BCUT2D eigenvalue weighted by Crippen LogP contribution is 2.38. The zero-order valence-corrected chi connectivity index (χ0v) is 19.4. The van der Waals surface area contributed by atoms with E-state index in [1.807, 2.05) is 35.0 Å². The van der Waals surface area contributed by atoms with Gasteiger partial charge in [0.1, 0.15) is 0 Å². The molecule has 0 bridgehead atoms. The molecule has 2 atom stereocenters. The Balaban J connectivity index is 1.32. The van der Waals surface area contributed by atoms with Crippen molar-refractivity contribution in [3.8, 4) is 0 Å². The molecule has 3 aromatic rings. The fraction of sp³-hybridized carbons (Fsp3) is 0.393. The molecule has 1 saturated carbocycles. The number of carbonyl (C=O) groups is 1. The molecule has 0 N–H and O–H groups in total. The van der Waals surface area contributed by atoms with E-state index in [0.29, 0.717) is 12.0 Å². The lowest BCUT2D eigenvalue weighted by Crippen LogP contribution is -2.51. The van der Waals surface area contributed by atoms with Crippen LogP contribution < -0.4 is 4.90 Å². The summed E-state index contributed by atoms with van der Waals surface area (Å²) in [6.07, 6.45) is 7.32. The van der Waals surface area contributed by atoms with Crippen molar-refractivity contribution in [2.24, 2.45) is 0 Å². The van der Waals surface area contributed by atoms with Crippen LogP contribution in [0.1, 0.15) is 60.4 Å². The molecule has 2 aromatic carbocycles. The third-order valence-electron chi connectivity index (χ3n) is 7.31. The number of rotatable bonds is 5. The van der Waals surface area contributed by atoms with E-state index in [-0.39, 0.29) is 11.9 Å². The molecular weight excluding hydrogens is 412 g/mol. The van der Waals surface area contributed by atoms with Crippen molar-refractivity contribution in [1.82, 2.24) is 4.90 Å². The van der Waals surface area contributed by atoms with Gasteiger partial charge in [0.05, 0.1) is 5.56 Å². The van der Waals surface area contributed by atoms with Crippen molar-refractivity contribution in [3.63, 3.8) is 0 Å². The van der Waals surface area contributed by atoms with Crippen molar-refractivity contribution < 1.29 is 4.79 Å². The van der Waals surface area contributed by atoms with E-state index in [2.05, 4.69) is 52.3 Å². The van der Waals surface area contributed by atoms with Gasteiger partial charge in [-0.1, -0.05) is 61.4 Å². The SMILES string of the molecule is O=C(c1ccsc1)N(c1ccccc1)C1CCN([C@@H]2CCCC[C@@H]2c2ccccc2)CC1. The second kappa shape index (κ2) is 10.0. The summed E-state index contributed by atoms with van der Waals surface area (Å²) in [6, 6.07) is 24.2. The Morgan fingerprint density at radius 3 is 2.22 bits per heavy atom. The molecule has 5 rings (SSSR count). The van der Waals surface area contributed by atoms with Gasteiger partial charge in [-0.05, 0) is 60.7 Å². The number of likely N-dealkylation sites (tertiary alicyclic amines) is 1. The van der Waals surface area contributed by atoms with Gasteiger partial charge in [0.25, 0.3) is 5.91 Å². The molecule has 4 heteroatoms. The van der Waals surface area contributed by atoms with Crippen LogP contribution in [0.5, 0.6) is 0 Å². The summed E-state index contributed by atoms with van der Waals surface area (Å²) in [6.45, 7) is 2.14. The van der Waals surface area contributed by atoms with Crippen LogP contribution in [0.3, 0.4) is 0 Å². The molecule has 2 aliphatic rings. The van der Waals surface area contributed by atoms with Crippen molar-refractivity contribution in [3.05, 3.63) is 88.6 Å². The molecule has 0 radical (unpaired) electrons. The van der Waals surface area contributed by atoms with Crippen LogP contribution in [0.15, 0.2) is 77.5 Å². The molecule has 166 valence electrons. The quantitative estimate of drug-likeness (QED) is 0.443. The third kappa shape index (κ3) is 4.53. The van der Waals surface area contributed by atoms with Gasteiger partial charge < -0.3 is 4.90 Å². The van der Waals surface area contributed by atoms with Crippen LogP contribution in [0.25, 0.3) is 0 Å². The van der Waals surface area contributed by atoms with Gasteiger partial charge in [0, 0.05) is 36.2 Å². The summed E-state index contributed by atoms with van der Waals surface area (Å²) in [5.41, 5.74) is 3.32. The maximum atomic E-state index is 13.4. The van der Waals surface area contributed by atoms with Gasteiger partial charge in [-0.25, -0.2) is 0 Å². The number of nitrogens with zero attached hydrogens (tertiary/aromatic N) is 2. The lowest BCUT2D eigenvalue weighted by molar-refractivity contribution is 0.0895. The van der Waals surface area contributed by atoms with Gasteiger partial charge in [-0.3, -0.25) is 9.69 Å². The molecule has 0 spiro atoms. The molecule has 1 amide bonds. The van der Waals surface area contributed by atoms with Crippen LogP contribution in [0.2, 0.25) is 0 Å². The Hall–Kier alpha value is -2.43. The number of hydrogen-bond donors (Lipinski definition) is 0. The lowest BCUT2D eigenvalue weighted by atomic mass is 9.78. The Bertz CT molecular complexity index is 981. The number of thiophene rings is 1. The molecule has 1 aliphatic heterocycles. The van der Waals surface area contributed by atoms with Gasteiger partial charge in [-0.2, -0.15) is 11.3 Å². The molecule has 1 aromatic heterocycles. The van der Waals surface area contributed by atoms with Crippen molar-refractivity contribution in [2.75, 3.05) is 18.0 Å². The van der Waals surface area contributed by atoms with Crippen LogP contribution >= 0.6 is 11.3 Å². The summed E-state index contributed by atoms with van der Waals surface area (Å²) in [5.74, 6) is 0.773. The second-order valence-electron chi connectivity index (χ2n) is 9.16. The minimum absolute atomic E-state index is 0.135. The molecule has 0 unspecified atom stereocenters. The third-order valence-corrected chi connectivity index (χ3v) is 7.99. The van der Waals surface area contributed by atoms with Crippen LogP contribution in [-0.2, 0) is 0 Å². The number of hydrogen-bond acceptors (Lipinski definition) is 3. The number of para-hydroxylation sites is 1. The van der Waals surface area contributed by atoms with E-state index < -0.39 is 0 Å². The van der Waals surface area contributed by atoms with Crippen molar-refractivity contribution >= 4 is 22.9 Å². The zero-order chi connectivity index (χ0) is 21.8. The fourth-order valence-corrected chi connectivity index (χ4v) is 6.35. The number of piperidine rings is 1. The van der Waals surface area contributed by atoms with Crippen LogP contribution in [0.4, 0.5) is 5.69 Å². The minimum atomic E-state index is 0.135. The first kappa shape index (κ1) is 21.4. The summed E-state index contributed by atoms with van der Waals surface area (Å²) < 4.78 is 0. The molecule has 2 fully saturated rings. The van der Waals surface area contributed by atoms with E-state index in [0.717, 1.165) is 37.2 Å². The van der Waals surface area contributed by atoms with Crippen molar-refractivity contribution in [2.45, 2.75) is 56.5 Å². The minimum Gasteiger partial charge on any atom is -0.305 e. The molecule has 32 heavy (non-hydrogen) atoms. The predicted octanol–water partition coefficient (Wildman–Crippen LogP) is 6.59. The highest BCUT2D eigenvalue weighted by Gasteiger charge is 2.36. The number of carbonyl (C=O) groups excluding carboxylic acids is 1. The lowest BCUT2D eigenvalue weighted by Gasteiger charge is -2.45. The fourth-order valence-electron chi connectivity index (χ4n) is 5.72. The number of amides is 1. The number of anilines is 1. The molecular formula is C28H32N2OS. The Morgan fingerprint density at radius 1 is 0.844 bits per heavy atom. The Kier molecular flexibility index (Phi) is 6.70. The van der Waals surface area contributed by atoms with Gasteiger partial charge in [-0.15, -0.1) is 0 Å². The first-order valence-corrected chi connectivity index (χ1v) is 13.0. The topological polar surface area (TPSA) is 23.6 Å². The molecule has 1 saturated heterocycles. The summed E-state index contributed by atoms with van der Waals surface area (Å²) in [7, 11) is 0. The Morgan fingerprint density at radius 2 is 1.53 bits per heavy atom. The predicted molar refractivity (Wildman–Crippen MR) is 134 cm³/mol. The van der Waals surface area contributed by atoms with Crippen LogP contribution in [-0.4, -0.2) is 36.0 Å². The van der Waals surface area contributed by atoms with Gasteiger partial charge in [0.2, 0.25) is 0 Å². The standard InChI is InChI=1S/C28H32N2OS/c31-28(23-17-20-32-21-23)30(24-11-5-2-6-12-24)25-15-18-29(19-16-25)27-14-8-7-13-26(27)22-9-3-1-4-10-22/h1-6,9-12,17,20-21,25-27H,7-8,13-16,18-19H2/t26-,27-/m1/s1. The first-order valence-electron chi connectivity index (χ1n) is 12.0. The Labute approximate surface area is 195 Å². The van der Waals surface area contributed by atoms with E-state index in [9.17, 15) is 4.79 Å². The average molecular weight is 445 g/mol. The van der Waals surface area contributed by atoms with Gasteiger partial charge in [0.15, 0.2) is 0 Å². The second-order valence-corrected chi connectivity index (χ2v) is 9.94. The maximum Gasteiger partial charge on any atom is 0.259 e. The average Bonchev–Trinajstić information content (AvgIpc) is 3.41. The molecule has 3 nitrogen and oxygen atoms in total. The van der Waals surface area contributed by atoms with Crippen molar-refractivity contribution in [1.29, 1.82) is 0 Å². The van der Waals surface area contributed by atoms with E-state index in [4.69, 9.17) is 0 Å². The first-order chi connectivity index (χ1) is 15.8. The highest BCUT2D eigenvalue weighted by molar-refractivity contribution is 7.08. The van der Waals surface area contributed by atoms with Gasteiger partial charge >= 0.3 is 0 Å². The zero-order valence-electron chi connectivity index (χ0n) is 18.6. The largest absolute Gasteiger partial charge is 0.305 e. The monoisotopic (exact) mass is 444 g/mol. The van der Waals surface area contributed by atoms with E-state index in [1.54, 1.807) is 11.3 Å². The highest BCUT2D eigenvalue weighted by atomic mass is 32.1.